The second kappa shape index (κ2) is 16.2. The Bertz CT molecular complexity index is 1750. The van der Waals surface area contributed by atoms with Crippen LogP contribution in [0.2, 0.25) is 5.02 Å². The van der Waals surface area contributed by atoms with Crippen LogP contribution in [0.3, 0.4) is 0 Å². The molecule has 0 spiro atoms. The molecule has 0 radical (unpaired) electrons. The molecule has 1 aromatic carbocycles. The minimum atomic E-state index is -1.31. The van der Waals surface area contributed by atoms with Gasteiger partial charge in [-0.05, 0) is 30.5 Å². The maximum Gasteiger partial charge on any atom is 0.352 e. The first-order valence-corrected chi connectivity index (χ1v) is 18.8. The number of anilines is 1. The summed E-state index contributed by atoms with van der Waals surface area (Å²) in [5.41, 5.74) is 5.70. The molecule has 2 fully saturated rings. The van der Waals surface area contributed by atoms with Crippen molar-refractivity contribution in [1.82, 2.24) is 20.5 Å². The summed E-state index contributed by atoms with van der Waals surface area (Å²) in [5.74, 6) is -5.11. The van der Waals surface area contributed by atoms with E-state index in [1.165, 1.54) is 35.0 Å². The summed E-state index contributed by atoms with van der Waals surface area (Å²) in [5, 5.41) is 48.8. The Morgan fingerprint density at radius 3 is 2.58 bits per heavy atom. The summed E-state index contributed by atoms with van der Waals surface area (Å²) >= 11 is 9.55. The maximum atomic E-state index is 13.5. The summed E-state index contributed by atoms with van der Waals surface area (Å²) in [6.45, 7) is 0.176. The smallest absolute Gasteiger partial charge is 0.352 e. The summed E-state index contributed by atoms with van der Waals surface area (Å²) in [4.78, 5) is 74.2. The van der Waals surface area contributed by atoms with Crippen LogP contribution >= 0.6 is 46.5 Å². The molecule has 3 amide bonds. The SMILES string of the molecule is Nc1nc(/C(=N/OC(C(=O)O)C2CCCCC2)C(=O)N[C@@H]2C(=O)N3C(C(=O)O)=C(CSCCNC(=O)c4ccc(O)c(O)c4Cl)CS[C@H]23)cs1. The number of carboxylic acid groups (broad SMARTS) is 2. The minimum absolute atomic E-state index is 0.0268. The molecule has 5 rings (SSSR count). The number of thioether (sulfide) groups is 2. The highest BCUT2D eigenvalue weighted by molar-refractivity contribution is 8.01. The van der Waals surface area contributed by atoms with Gasteiger partial charge in [0.05, 0.1) is 10.6 Å². The van der Waals surface area contributed by atoms with E-state index in [-0.39, 0.29) is 56.8 Å². The number of halogens is 1. The van der Waals surface area contributed by atoms with Gasteiger partial charge in [-0.1, -0.05) is 36.0 Å². The Balaban J connectivity index is 1.21. The molecule has 3 aliphatic rings. The Morgan fingerprint density at radius 1 is 1.18 bits per heavy atom. The number of oxime groups is 1. The van der Waals surface area contributed by atoms with Crippen molar-refractivity contribution in [2.45, 2.75) is 49.6 Å². The van der Waals surface area contributed by atoms with Crippen molar-refractivity contribution in [3.63, 3.8) is 0 Å². The van der Waals surface area contributed by atoms with Gasteiger partial charge >= 0.3 is 11.9 Å². The Labute approximate surface area is 302 Å². The van der Waals surface area contributed by atoms with E-state index in [4.69, 9.17) is 22.2 Å². The zero-order valence-electron chi connectivity index (χ0n) is 26.2. The predicted molar refractivity (Wildman–Crippen MR) is 186 cm³/mol. The van der Waals surface area contributed by atoms with E-state index >= 15 is 0 Å². The number of nitrogen functional groups attached to an aromatic ring is 1. The molecule has 268 valence electrons. The summed E-state index contributed by atoms with van der Waals surface area (Å²) in [7, 11) is 0. The van der Waals surface area contributed by atoms with E-state index in [0.717, 1.165) is 41.6 Å². The van der Waals surface area contributed by atoms with Crippen molar-refractivity contribution >= 4 is 87.0 Å². The lowest BCUT2D eigenvalue weighted by Crippen LogP contribution is -2.71. The fraction of sp³-hybridized carbons (Fsp3) is 0.433. The molecule has 0 bridgehead atoms. The van der Waals surface area contributed by atoms with Gasteiger partial charge in [-0.25, -0.2) is 14.6 Å². The zero-order valence-corrected chi connectivity index (χ0v) is 29.4. The molecule has 1 aromatic heterocycles. The largest absolute Gasteiger partial charge is 0.504 e. The molecule has 20 heteroatoms. The standard InChI is InChI=1S/C30H33ClN6O10S3/c31-18-15(6-7-17(38)22(18)39)24(40)33-8-9-48-10-14-11-49-27-20(26(42)37(27)21(14)28(43)44)35-25(41)19(16-12-50-30(32)34-16)36-47-23(29(45)46)13-4-2-1-3-5-13/h6-7,12-13,20,23,27,38-39H,1-5,8-11H2,(H2,32,34)(H,33,40)(H,35,41)(H,43,44)(H,45,46)/b36-19-/t20-,23?,27-/m1/s1. The number of aromatic hydroxyl groups is 2. The number of nitrogens with zero attached hydrogens (tertiary/aromatic N) is 3. The molecule has 2 aromatic rings. The Morgan fingerprint density at radius 2 is 1.92 bits per heavy atom. The van der Waals surface area contributed by atoms with Crippen molar-refractivity contribution in [3.05, 3.63) is 45.1 Å². The Kier molecular flexibility index (Phi) is 12.0. The lowest BCUT2D eigenvalue weighted by atomic mass is 9.85. The fourth-order valence-electron chi connectivity index (χ4n) is 5.74. The van der Waals surface area contributed by atoms with Crippen molar-refractivity contribution in [3.8, 4) is 11.5 Å². The molecular weight excluding hydrogens is 736 g/mol. The van der Waals surface area contributed by atoms with E-state index in [0.29, 0.717) is 24.2 Å². The van der Waals surface area contributed by atoms with E-state index in [1.807, 2.05) is 0 Å². The quantitative estimate of drug-likeness (QED) is 0.0479. The van der Waals surface area contributed by atoms with Crippen molar-refractivity contribution in [1.29, 1.82) is 0 Å². The number of nitrogens with two attached hydrogens (primary N) is 1. The second-order valence-electron chi connectivity index (χ2n) is 11.5. The van der Waals surface area contributed by atoms with Gasteiger partial charge in [-0.15, -0.1) is 23.1 Å². The summed E-state index contributed by atoms with van der Waals surface area (Å²) in [6, 6.07) is 1.30. The first-order chi connectivity index (χ1) is 23.9. The highest BCUT2D eigenvalue weighted by Gasteiger charge is 2.54. The molecule has 1 saturated carbocycles. The summed E-state index contributed by atoms with van der Waals surface area (Å²) in [6.07, 6.45) is 2.70. The highest BCUT2D eigenvalue weighted by Crippen LogP contribution is 2.41. The van der Waals surface area contributed by atoms with Crippen LogP contribution in [0.25, 0.3) is 0 Å². The molecule has 3 atom stereocenters. The first-order valence-electron chi connectivity index (χ1n) is 15.3. The number of benzene rings is 1. The van der Waals surface area contributed by atoms with Gasteiger partial charge in [0.2, 0.25) is 6.10 Å². The third-order valence-corrected chi connectivity index (χ3v) is 11.7. The van der Waals surface area contributed by atoms with Crippen LogP contribution in [-0.4, -0.2) is 107 Å². The van der Waals surface area contributed by atoms with Crippen LogP contribution in [0, 0.1) is 5.92 Å². The lowest BCUT2D eigenvalue weighted by Gasteiger charge is -2.49. The predicted octanol–water partition coefficient (Wildman–Crippen LogP) is 2.45. The third kappa shape index (κ3) is 8.06. The number of β-lactam (4-membered cyclic amide) rings is 1. The first kappa shape index (κ1) is 37.1. The van der Waals surface area contributed by atoms with Gasteiger partial charge in [0.15, 0.2) is 22.3 Å². The molecule has 50 heavy (non-hydrogen) atoms. The van der Waals surface area contributed by atoms with Crippen LogP contribution in [0.4, 0.5) is 5.13 Å². The highest BCUT2D eigenvalue weighted by atomic mass is 35.5. The van der Waals surface area contributed by atoms with Crippen LogP contribution in [0.5, 0.6) is 11.5 Å². The number of carbonyl (C=O) groups excluding carboxylic acids is 3. The van der Waals surface area contributed by atoms with Crippen molar-refractivity contribution in [2.75, 3.05) is 29.5 Å². The Hall–Kier alpha value is -4.20. The molecule has 16 nitrogen and oxygen atoms in total. The number of hydrogen-bond donors (Lipinski definition) is 7. The number of phenols is 2. The van der Waals surface area contributed by atoms with Crippen molar-refractivity contribution in [2.24, 2.45) is 11.1 Å². The van der Waals surface area contributed by atoms with Gasteiger partial charge in [0.25, 0.3) is 17.7 Å². The maximum absolute atomic E-state index is 13.5. The molecule has 1 saturated heterocycles. The van der Waals surface area contributed by atoms with Crippen LogP contribution in [-0.2, 0) is 24.0 Å². The number of phenolic OH excluding ortho intramolecular Hbond substituents is 2. The number of thiazole rings is 1. The average Bonchev–Trinajstić information content (AvgIpc) is 3.52. The number of carbonyl (C=O) groups is 5. The van der Waals surface area contributed by atoms with E-state index in [1.54, 1.807) is 0 Å². The molecule has 1 aliphatic carbocycles. The van der Waals surface area contributed by atoms with Crippen molar-refractivity contribution < 1.29 is 49.2 Å². The van der Waals surface area contributed by atoms with Crippen LogP contribution in [0.15, 0.2) is 33.9 Å². The molecule has 1 unspecified atom stereocenters. The minimum Gasteiger partial charge on any atom is -0.504 e. The lowest BCUT2D eigenvalue weighted by molar-refractivity contribution is -0.155. The van der Waals surface area contributed by atoms with Gasteiger partial charge in [-0.2, -0.15) is 11.8 Å². The third-order valence-electron chi connectivity index (χ3n) is 8.24. The number of nitrogens with one attached hydrogen (secondary N) is 2. The monoisotopic (exact) mass is 768 g/mol. The van der Waals surface area contributed by atoms with Gasteiger partial charge < -0.3 is 41.6 Å². The van der Waals surface area contributed by atoms with Crippen LogP contribution in [0.1, 0.15) is 48.2 Å². The number of rotatable bonds is 14. The van der Waals surface area contributed by atoms with E-state index < -0.39 is 58.7 Å². The molecule has 2 aliphatic heterocycles. The number of aromatic nitrogens is 1. The zero-order chi connectivity index (χ0) is 36.1. The number of carboxylic acids is 2. The average molecular weight is 769 g/mol. The molecule has 8 N–H and O–H groups in total. The fourth-order valence-corrected chi connectivity index (χ4v) is 8.89. The van der Waals surface area contributed by atoms with Gasteiger partial charge in [0, 0.05) is 35.1 Å². The topological polar surface area (TPSA) is 254 Å². The van der Waals surface area contributed by atoms with Gasteiger partial charge in [0.1, 0.15) is 22.8 Å². The molecule has 3 heterocycles. The van der Waals surface area contributed by atoms with E-state index in [9.17, 15) is 44.4 Å². The number of hydrogen-bond acceptors (Lipinski definition) is 14. The number of aliphatic carboxylic acids is 2. The number of amides is 3. The number of fused-ring (bicyclic) bond motifs is 1. The summed E-state index contributed by atoms with van der Waals surface area (Å²) < 4.78 is 0. The van der Waals surface area contributed by atoms with Gasteiger partial charge in [-0.3, -0.25) is 19.3 Å². The van der Waals surface area contributed by atoms with Crippen LogP contribution < -0.4 is 16.4 Å². The molecular formula is C30H33ClN6O10S3. The van der Waals surface area contributed by atoms with E-state index in [2.05, 4.69) is 20.8 Å². The normalized spacial score (nSPS) is 20.1. The second-order valence-corrected chi connectivity index (χ2v) is 15.0.